The summed E-state index contributed by atoms with van der Waals surface area (Å²) in [7, 11) is 0. The number of hydrogen-bond donors (Lipinski definition) is 4. The average Bonchev–Trinajstić information content (AvgIpc) is 3.17. The van der Waals surface area contributed by atoms with Gasteiger partial charge in [0.25, 0.3) is 5.91 Å². The average molecular weight is 601 g/mol. The van der Waals surface area contributed by atoms with Gasteiger partial charge in [-0.05, 0) is 58.3 Å². The molecule has 1 unspecified atom stereocenters. The number of primary amides is 1. The Morgan fingerprint density at radius 1 is 0.975 bits per heavy atom. The van der Waals surface area contributed by atoms with Crippen LogP contribution in [0, 0.1) is 23.7 Å². The Morgan fingerprint density at radius 2 is 1.62 bits per heavy atom. The zero-order valence-corrected chi connectivity index (χ0v) is 25.2. The summed E-state index contributed by atoms with van der Waals surface area (Å²) < 4.78 is -1.18. The Balaban J connectivity index is 1.54. The molecule has 0 radical (unpaired) electrons. The number of urea groups is 1. The van der Waals surface area contributed by atoms with Crippen LogP contribution in [0.5, 0.6) is 0 Å². The molecular weight excluding hydrogens is 557 g/mol. The van der Waals surface area contributed by atoms with Gasteiger partial charge in [0, 0.05) is 23.9 Å². The maximum atomic E-state index is 14.1. The summed E-state index contributed by atoms with van der Waals surface area (Å²) in [6.45, 7) is 5.73. The van der Waals surface area contributed by atoms with Crippen LogP contribution in [0.1, 0.15) is 85.0 Å². The number of carbonyl (C=O) groups is 5. The number of fused-ring (bicyclic) bond motifs is 1. The molecule has 224 valence electrons. The second-order valence-electron chi connectivity index (χ2n) is 13.1. The number of nitrogens with two attached hydrogens (primary N) is 1. The van der Waals surface area contributed by atoms with Crippen molar-refractivity contribution in [1.29, 1.82) is 0 Å². The first-order chi connectivity index (χ1) is 18.7. The van der Waals surface area contributed by atoms with Crippen molar-refractivity contribution in [2.75, 3.05) is 6.54 Å². The van der Waals surface area contributed by atoms with Gasteiger partial charge >= 0.3 is 6.03 Å². The van der Waals surface area contributed by atoms with E-state index in [-0.39, 0.29) is 24.3 Å². The Hall–Kier alpha value is -2.07. The van der Waals surface area contributed by atoms with E-state index in [1.807, 2.05) is 20.8 Å². The third kappa shape index (κ3) is 6.86. The van der Waals surface area contributed by atoms with Gasteiger partial charge in [0.1, 0.15) is 16.4 Å². The summed E-state index contributed by atoms with van der Waals surface area (Å²) in [4.78, 5) is 66.5. The van der Waals surface area contributed by atoms with Gasteiger partial charge in [-0.15, -0.1) is 23.2 Å². The van der Waals surface area contributed by atoms with Crippen molar-refractivity contribution in [2.45, 2.75) is 113 Å². The molecule has 4 fully saturated rings. The van der Waals surface area contributed by atoms with Crippen molar-refractivity contribution < 1.29 is 24.0 Å². The van der Waals surface area contributed by atoms with Crippen molar-refractivity contribution in [3.63, 3.8) is 0 Å². The fraction of sp³-hybridized carbons (Fsp3) is 0.821. The summed E-state index contributed by atoms with van der Waals surface area (Å²) >= 11 is 13.0. The number of carbonyl (C=O) groups excluding carboxylic acids is 5. The number of halogens is 2. The molecule has 0 aromatic heterocycles. The molecule has 0 aromatic carbocycles. The lowest BCUT2D eigenvalue weighted by Gasteiger charge is -2.37. The van der Waals surface area contributed by atoms with Gasteiger partial charge in [-0.2, -0.15) is 0 Å². The predicted octanol–water partition coefficient (Wildman–Crippen LogP) is 2.78. The first-order valence-corrected chi connectivity index (χ1v) is 15.4. The van der Waals surface area contributed by atoms with Crippen LogP contribution in [-0.2, 0) is 19.2 Å². The smallest absolute Gasteiger partial charge is 0.315 e. The standard InChI is InChI=1S/C28H43Cl2N5O5/c1-27(2,3)34-26(40)33-20(16-10-5-4-6-11-16)25(39)35-14-17-19(28(17,29)30)21(35)24(38)32-18(22(36)23(31)37)13-12-15-8-7-9-15/h15-21H,4-14H2,1-3H3,(H2,31,37)(H,32,38)(H2,33,34,40)/t17-,18?,19-,20-,21-/m0/s1. The second kappa shape index (κ2) is 12.0. The number of ketones is 1. The highest BCUT2D eigenvalue weighted by molar-refractivity contribution is 6.51. The van der Waals surface area contributed by atoms with Crippen LogP contribution in [0.4, 0.5) is 4.79 Å². The summed E-state index contributed by atoms with van der Waals surface area (Å²) in [6.07, 6.45) is 8.77. The SMILES string of the molecule is CC(C)(C)NC(=O)N[C@H](C(=O)N1C[C@H]2[C@@H]([C@H]1C(=O)NC(CCC1CCC1)C(=O)C(N)=O)C2(Cl)Cl)C1CCCCC1. The molecule has 1 aliphatic heterocycles. The fourth-order valence-corrected chi connectivity index (χ4v) is 7.39. The zero-order chi connectivity index (χ0) is 29.4. The normalized spacial score (nSPS) is 27.5. The highest BCUT2D eigenvalue weighted by atomic mass is 35.5. The molecule has 0 spiro atoms. The first kappa shape index (κ1) is 30.9. The maximum absolute atomic E-state index is 14.1. The van der Waals surface area contributed by atoms with E-state index in [0.29, 0.717) is 18.8 Å². The highest BCUT2D eigenvalue weighted by Gasteiger charge is 2.74. The lowest BCUT2D eigenvalue weighted by molar-refractivity contribution is -0.144. The van der Waals surface area contributed by atoms with Crippen LogP contribution >= 0.6 is 23.2 Å². The minimum absolute atomic E-state index is 0.0731. The Bertz CT molecular complexity index is 1020. The maximum Gasteiger partial charge on any atom is 0.315 e. The number of nitrogens with zero attached hydrogens (tertiary/aromatic N) is 1. The Morgan fingerprint density at radius 3 is 2.17 bits per heavy atom. The van der Waals surface area contributed by atoms with Crippen molar-refractivity contribution in [1.82, 2.24) is 20.9 Å². The van der Waals surface area contributed by atoms with E-state index in [1.165, 1.54) is 4.90 Å². The van der Waals surface area contributed by atoms with E-state index in [4.69, 9.17) is 28.9 Å². The number of rotatable bonds is 10. The van der Waals surface area contributed by atoms with E-state index < -0.39 is 57.5 Å². The lowest BCUT2D eigenvalue weighted by atomic mass is 9.81. The number of nitrogens with one attached hydrogen (secondary N) is 3. The van der Waals surface area contributed by atoms with Gasteiger partial charge in [-0.3, -0.25) is 19.2 Å². The molecule has 0 aromatic rings. The number of alkyl halides is 2. The van der Waals surface area contributed by atoms with Crippen LogP contribution < -0.4 is 21.7 Å². The number of Topliss-reactive ketones (excluding diaryl/α,β-unsaturated/α-hetero) is 1. The monoisotopic (exact) mass is 599 g/mol. The summed E-state index contributed by atoms with van der Waals surface area (Å²) in [5.41, 5.74) is 4.79. The highest BCUT2D eigenvalue weighted by Crippen LogP contribution is 2.65. The van der Waals surface area contributed by atoms with Crippen LogP contribution in [-0.4, -0.2) is 69.0 Å². The van der Waals surface area contributed by atoms with Crippen molar-refractivity contribution >= 4 is 52.7 Å². The third-order valence-corrected chi connectivity index (χ3v) is 10.1. The van der Waals surface area contributed by atoms with E-state index in [9.17, 15) is 24.0 Å². The Labute approximate surface area is 246 Å². The summed E-state index contributed by atoms with van der Waals surface area (Å²) in [6, 6.07) is -3.38. The molecule has 1 heterocycles. The van der Waals surface area contributed by atoms with Crippen molar-refractivity contribution in [3.8, 4) is 0 Å². The minimum Gasteiger partial charge on any atom is -0.363 e. The molecule has 40 heavy (non-hydrogen) atoms. The van der Waals surface area contributed by atoms with Gasteiger partial charge in [-0.1, -0.05) is 38.5 Å². The molecule has 10 nitrogen and oxygen atoms in total. The molecule has 0 bridgehead atoms. The van der Waals surface area contributed by atoms with Crippen LogP contribution in [0.2, 0.25) is 0 Å². The zero-order valence-electron chi connectivity index (χ0n) is 23.6. The first-order valence-electron chi connectivity index (χ1n) is 14.6. The number of hydrogen-bond acceptors (Lipinski definition) is 5. The topological polar surface area (TPSA) is 151 Å². The predicted molar refractivity (Wildman–Crippen MR) is 151 cm³/mol. The Kier molecular flexibility index (Phi) is 9.29. The van der Waals surface area contributed by atoms with Gasteiger partial charge < -0.3 is 26.6 Å². The van der Waals surface area contributed by atoms with Crippen LogP contribution in [0.25, 0.3) is 0 Å². The van der Waals surface area contributed by atoms with Gasteiger partial charge in [0.15, 0.2) is 0 Å². The number of amides is 5. The molecule has 12 heteroatoms. The van der Waals surface area contributed by atoms with Gasteiger partial charge in [-0.25, -0.2) is 4.79 Å². The molecule has 5 N–H and O–H groups in total. The second-order valence-corrected chi connectivity index (χ2v) is 14.6. The van der Waals surface area contributed by atoms with Crippen molar-refractivity contribution in [3.05, 3.63) is 0 Å². The molecule has 4 aliphatic rings. The minimum atomic E-state index is -1.18. The molecule has 5 atom stereocenters. The largest absolute Gasteiger partial charge is 0.363 e. The lowest BCUT2D eigenvalue weighted by Crippen LogP contribution is -2.61. The fourth-order valence-electron chi connectivity index (χ4n) is 6.56. The molecule has 1 saturated heterocycles. The van der Waals surface area contributed by atoms with Crippen LogP contribution in [0.3, 0.4) is 0 Å². The van der Waals surface area contributed by atoms with Crippen molar-refractivity contribution in [2.24, 2.45) is 29.4 Å². The molecule has 5 amide bonds. The van der Waals surface area contributed by atoms with Crippen LogP contribution in [0.15, 0.2) is 0 Å². The third-order valence-electron chi connectivity index (χ3n) is 9.01. The quantitative estimate of drug-likeness (QED) is 0.225. The summed E-state index contributed by atoms with van der Waals surface area (Å²) in [5, 5.41) is 8.47. The van der Waals surface area contributed by atoms with Gasteiger partial charge in [0.05, 0.1) is 6.04 Å². The molecule has 3 aliphatic carbocycles. The van der Waals surface area contributed by atoms with E-state index in [1.54, 1.807) is 0 Å². The number of piperidine rings is 1. The van der Waals surface area contributed by atoms with Gasteiger partial charge in [0.2, 0.25) is 17.6 Å². The molecule has 4 rings (SSSR count). The van der Waals surface area contributed by atoms with E-state index in [0.717, 1.165) is 51.4 Å². The molecule has 3 saturated carbocycles. The van der Waals surface area contributed by atoms with E-state index >= 15 is 0 Å². The number of likely N-dealkylation sites (tertiary alicyclic amines) is 1. The molecular formula is C28H43Cl2N5O5. The van der Waals surface area contributed by atoms with E-state index in [2.05, 4.69) is 16.0 Å². The summed E-state index contributed by atoms with van der Waals surface area (Å²) in [5.74, 6) is -3.37.